The summed E-state index contributed by atoms with van der Waals surface area (Å²) in [5.74, 6) is -1.26. The standard InChI is InChI=1S/C26H23F2NO4/c1-3-31-26(30)16(2)33-20-13-11-18(12-14-20)17-7-9-19(10-8-17)23-15-32-25(29-23)24-21(27)5-4-6-22(24)28/h4-14,16,23H,3,15H2,1-2H3. The van der Waals surface area contributed by atoms with Gasteiger partial charge in [0.1, 0.15) is 35.6 Å². The van der Waals surface area contributed by atoms with Crippen LogP contribution in [0.15, 0.2) is 71.7 Å². The van der Waals surface area contributed by atoms with Crippen molar-refractivity contribution in [1.82, 2.24) is 0 Å². The molecule has 0 saturated heterocycles. The summed E-state index contributed by atoms with van der Waals surface area (Å²) in [6.07, 6.45) is -0.688. The molecule has 3 aromatic rings. The normalized spacial score (nSPS) is 16.0. The van der Waals surface area contributed by atoms with Gasteiger partial charge in [0, 0.05) is 0 Å². The largest absolute Gasteiger partial charge is 0.479 e. The van der Waals surface area contributed by atoms with Gasteiger partial charge >= 0.3 is 5.97 Å². The Morgan fingerprint density at radius 3 is 2.24 bits per heavy atom. The fourth-order valence-electron chi connectivity index (χ4n) is 3.52. The molecule has 0 amide bonds. The molecule has 0 aromatic heterocycles. The van der Waals surface area contributed by atoms with Crippen molar-refractivity contribution in [2.75, 3.05) is 13.2 Å². The molecule has 3 aromatic carbocycles. The number of halogens is 2. The van der Waals surface area contributed by atoms with Gasteiger partial charge in [-0.05, 0) is 54.8 Å². The maximum absolute atomic E-state index is 14.0. The van der Waals surface area contributed by atoms with Crippen molar-refractivity contribution in [1.29, 1.82) is 0 Å². The Balaban J connectivity index is 1.44. The molecule has 0 fully saturated rings. The predicted molar refractivity (Wildman–Crippen MR) is 120 cm³/mol. The minimum absolute atomic E-state index is 0.0210. The number of carbonyl (C=O) groups excluding carboxylic acids is 1. The van der Waals surface area contributed by atoms with Gasteiger partial charge in [-0.15, -0.1) is 0 Å². The smallest absolute Gasteiger partial charge is 0.347 e. The highest BCUT2D eigenvalue weighted by Crippen LogP contribution is 2.29. The third kappa shape index (κ3) is 5.03. The van der Waals surface area contributed by atoms with Crippen LogP contribution in [0.25, 0.3) is 11.1 Å². The Labute approximate surface area is 190 Å². The fraction of sp³-hybridized carbons (Fsp3) is 0.231. The van der Waals surface area contributed by atoms with Gasteiger partial charge < -0.3 is 14.2 Å². The quantitative estimate of drug-likeness (QED) is 0.447. The molecule has 1 aliphatic rings. The van der Waals surface area contributed by atoms with E-state index in [-0.39, 0.29) is 24.1 Å². The van der Waals surface area contributed by atoms with Crippen molar-refractivity contribution in [3.63, 3.8) is 0 Å². The van der Waals surface area contributed by atoms with Crippen LogP contribution in [-0.4, -0.2) is 31.2 Å². The second-order valence-electron chi connectivity index (χ2n) is 7.52. The second-order valence-corrected chi connectivity index (χ2v) is 7.52. The Hall–Kier alpha value is -3.74. The highest BCUT2D eigenvalue weighted by Gasteiger charge is 2.26. The first kappa shape index (κ1) is 22.5. The van der Waals surface area contributed by atoms with Gasteiger partial charge in [0.2, 0.25) is 5.90 Å². The minimum Gasteiger partial charge on any atom is -0.479 e. The van der Waals surface area contributed by atoms with Gasteiger partial charge in [0.05, 0.1) is 6.61 Å². The van der Waals surface area contributed by atoms with E-state index in [0.717, 1.165) is 16.7 Å². The highest BCUT2D eigenvalue weighted by molar-refractivity contribution is 5.95. The monoisotopic (exact) mass is 451 g/mol. The number of nitrogens with zero attached hydrogens (tertiary/aromatic N) is 1. The van der Waals surface area contributed by atoms with E-state index in [1.54, 1.807) is 26.0 Å². The van der Waals surface area contributed by atoms with E-state index >= 15 is 0 Å². The first-order valence-corrected chi connectivity index (χ1v) is 10.6. The number of hydrogen-bond acceptors (Lipinski definition) is 5. The number of benzene rings is 3. The average Bonchev–Trinajstić information content (AvgIpc) is 3.29. The van der Waals surface area contributed by atoms with Crippen molar-refractivity contribution in [2.24, 2.45) is 4.99 Å². The van der Waals surface area contributed by atoms with Crippen LogP contribution in [-0.2, 0) is 14.3 Å². The molecular formula is C26H23F2NO4. The summed E-state index contributed by atoms with van der Waals surface area (Å²) in [4.78, 5) is 16.1. The lowest BCUT2D eigenvalue weighted by Crippen LogP contribution is -2.25. The van der Waals surface area contributed by atoms with Gasteiger partial charge in [0.25, 0.3) is 0 Å². The molecule has 0 N–H and O–H groups in total. The molecule has 0 spiro atoms. The molecule has 33 heavy (non-hydrogen) atoms. The van der Waals surface area contributed by atoms with Gasteiger partial charge in [-0.1, -0.05) is 42.5 Å². The molecule has 0 saturated carbocycles. The van der Waals surface area contributed by atoms with E-state index in [9.17, 15) is 13.6 Å². The number of aliphatic imine (C=N–C) groups is 1. The van der Waals surface area contributed by atoms with Crippen LogP contribution >= 0.6 is 0 Å². The summed E-state index contributed by atoms with van der Waals surface area (Å²) in [5, 5.41) is 0. The topological polar surface area (TPSA) is 57.1 Å². The van der Waals surface area contributed by atoms with Crippen molar-refractivity contribution in [2.45, 2.75) is 26.0 Å². The van der Waals surface area contributed by atoms with E-state index in [4.69, 9.17) is 14.2 Å². The number of carbonyl (C=O) groups is 1. The molecule has 5 nitrogen and oxygen atoms in total. The van der Waals surface area contributed by atoms with Crippen molar-refractivity contribution in [3.05, 3.63) is 89.5 Å². The molecule has 4 rings (SSSR count). The van der Waals surface area contributed by atoms with Crippen molar-refractivity contribution < 1.29 is 27.8 Å². The third-order valence-electron chi connectivity index (χ3n) is 5.24. The predicted octanol–water partition coefficient (Wildman–Crippen LogP) is 5.48. The zero-order chi connectivity index (χ0) is 23.4. The number of esters is 1. The molecule has 0 radical (unpaired) electrons. The van der Waals surface area contributed by atoms with Crippen LogP contribution in [0.2, 0.25) is 0 Å². The van der Waals surface area contributed by atoms with Crippen LogP contribution < -0.4 is 4.74 Å². The lowest BCUT2D eigenvalue weighted by molar-refractivity contribution is -0.150. The molecule has 2 unspecified atom stereocenters. The van der Waals surface area contributed by atoms with Gasteiger partial charge in [-0.25, -0.2) is 18.6 Å². The van der Waals surface area contributed by atoms with Crippen LogP contribution in [0.3, 0.4) is 0 Å². The lowest BCUT2D eigenvalue weighted by atomic mass is 10.0. The SMILES string of the molecule is CCOC(=O)C(C)Oc1ccc(-c2ccc(C3COC(c4c(F)cccc4F)=N3)cc2)cc1. The van der Waals surface area contributed by atoms with Gasteiger partial charge in [-0.3, -0.25) is 0 Å². The second kappa shape index (κ2) is 9.81. The van der Waals surface area contributed by atoms with E-state index in [0.29, 0.717) is 12.4 Å². The molecule has 2 atom stereocenters. The average molecular weight is 451 g/mol. The molecule has 170 valence electrons. The number of ether oxygens (including phenoxy) is 3. The van der Waals surface area contributed by atoms with E-state index in [1.165, 1.54) is 18.2 Å². The summed E-state index contributed by atoms with van der Waals surface area (Å²) >= 11 is 0. The van der Waals surface area contributed by atoms with Gasteiger partial charge in [0.15, 0.2) is 6.10 Å². The Morgan fingerprint density at radius 1 is 1.03 bits per heavy atom. The molecule has 1 aliphatic heterocycles. The maximum atomic E-state index is 14.0. The van der Waals surface area contributed by atoms with E-state index in [1.807, 2.05) is 36.4 Å². The number of hydrogen-bond donors (Lipinski definition) is 0. The summed E-state index contributed by atoms with van der Waals surface area (Å²) in [5.41, 5.74) is 2.59. The molecule has 0 bridgehead atoms. The minimum atomic E-state index is -0.700. The van der Waals surface area contributed by atoms with Gasteiger partial charge in [-0.2, -0.15) is 0 Å². The highest BCUT2D eigenvalue weighted by atomic mass is 19.1. The lowest BCUT2D eigenvalue weighted by Gasteiger charge is -2.13. The fourth-order valence-corrected chi connectivity index (χ4v) is 3.52. The molecule has 1 heterocycles. The summed E-state index contributed by atoms with van der Waals surface area (Å²) in [6.45, 7) is 3.92. The molecular weight excluding hydrogens is 428 g/mol. The van der Waals surface area contributed by atoms with E-state index < -0.39 is 23.7 Å². The first-order valence-electron chi connectivity index (χ1n) is 10.6. The maximum Gasteiger partial charge on any atom is 0.347 e. The van der Waals surface area contributed by atoms with Crippen molar-refractivity contribution >= 4 is 11.9 Å². The van der Waals surface area contributed by atoms with E-state index in [2.05, 4.69) is 4.99 Å². The van der Waals surface area contributed by atoms with Crippen LogP contribution in [0.5, 0.6) is 5.75 Å². The Morgan fingerprint density at radius 2 is 1.64 bits per heavy atom. The summed E-state index contributed by atoms with van der Waals surface area (Å²) in [7, 11) is 0. The van der Waals surface area contributed by atoms with Crippen LogP contribution in [0.4, 0.5) is 8.78 Å². The summed E-state index contributed by atoms with van der Waals surface area (Å²) < 4.78 is 44.1. The zero-order valence-electron chi connectivity index (χ0n) is 18.3. The molecule has 7 heteroatoms. The Kier molecular flexibility index (Phi) is 6.68. The number of rotatable bonds is 7. The first-order chi connectivity index (χ1) is 16.0. The van der Waals surface area contributed by atoms with Crippen LogP contribution in [0, 0.1) is 11.6 Å². The zero-order valence-corrected chi connectivity index (χ0v) is 18.3. The third-order valence-corrected chi connectivity index (χ3v) is 5.24. The van der Waals surface area contributed by atoms with Crippen LogP contribution in [0.1, 0.15) is 31.0 Å². The molecule has 0 aliphatic carbocycles. The Bertz CT molecular complexity index is 1140. The van der Waals surface area contributed by atoms with Crippen molar-refractivity contribution in [3.8, 4) is 16.9 Å². The summed E-state index contributed by atoms with van der Waals surface area (Å²) in [6, 6.07) is 18.4.